The SMILES string of the molecule is CN=C(NCC(C)(C)c1cccc(C(F)(F)F)c1)NC1CCc2nc(COC)nn2C1. The number of hydrogen-bond donors (Lipinski definition) is 2. The maximum Gasteiger partial charge on any atom is 0.416 e. The molecule has 0 spiro atoms. The molecule has 0 fully saturated rings. The first kappa shape index (κ1) is 23.1. The van der Waals surface area contributed by atoms with E-state index in [1.807, 2.05) is 18.5 Å². The fraction of sp³-hybridized carbons (Fsp3) is 0.571. The summed E-state index contributed by atoms with van der Waals surface area (Å²) in [6.07, 6.45) is -2.69. The molecule has 1 unspecified atom stereocenters. The summed E-state index contributed by atoms with van der Waals surface area (Å²) >= 11 is 0. The summed E-state index contributed by atoms with van der Waals surface area (Å²) in [5, 5.41) is 11.1. The topological polar surface area (TPSA) is 76.4 Å². The number of halogens is 3. The van der Waals surface area contributed by atoms with Crippen LogP contribution >= 0.6 is 0 Å². The number of nitrogens with one attached hydrogen (secondary N) is 2. The van der Waals surface area contributed by atoms with Crippen LogP contribution in [0.3, 0.4) is 0 Å². The van der Waals surface area contributed by atoms with Crippen LogP contribution in [0.1, 0.15) is 43.0 Å². The molecule has 1 aliphatic heterocycles. The van der Waals surface area contributed by atoms with Crippen molar-refractivity contribution in [3.8, 4) is 0 Å². The number of hydrogen-bond acceptors (Lipinski definition) is 4. The Morgan fingerprint density at radius 3 is 2.71 bits per heavy atom. The van der Waals surface area contributed by atoms with Gasteiger partial charge in [-0.05, 0) is 18.1 Å². The average molecular weight is 438 g/mol. The van der Waals surface area contributed by atoms with Crippen LogP contribution in [-0.2, 0) is 35.9 Å². The van der Waals surface area contributed by atoms with Crippen molar-refractivity contribution in [1.82, 2.24) is 25.4 Å². The Kier molecular flexibility index (Phi) is 6.88. The molecule has 2 heterocycles. The predicted molar refractivity (Wildman–Crippen MR) is 112 cm³/mol. The summed E-state index contributed by atoms with van der Waals surface area (Å²) in [6, 6.07) is 5.59. The van der Waals surface area contributed by atoms with E-state index in [1.165, 1.54) is 12.1 Å². The van der Waals surface area contributed by atoms with Gasteiger partial charge in [0, 0.05) is 38.6 Å². The van der Waals surface area contributed by atoms with Crippen LogP contribution in [-0.4, -0.2) is 47.5 Å². The lowest BCUT2D eigenvalue weighted by molar-refractivity contribution is -0.137. The largest absolute Gasteiger partial charge is 0.416 e. The molecule has 1 aromatic carbocycles. The van der Waals surface area contributed by atoms with Crippen molar-refractivity contribution in [1.29, 1.82) is 0 Å². The Bertz CT molecular complexity index is 922. The fourth-order valence-corrected chi connectivity index (χ4v) is 3.58. The molecule has 1 aromatic heterocycles. The Labute approximate surface area is 180 Å². The van der Waals surface area contributed by atoms with E-state index < -0.39 is 17.2 Å². The predicted octanol–water partition coefficient (Wildman–Crippen LogP) is 2.90. The van der Waals surface area contributed by atoms with E-state index >= 15 is 0 Å². The number of benzene rings is 1. The van der Waals surface area contributed by atoms with Gasteiger partial charge in [0.2, 0.25) is 0 Å². The van der Waals surface area contributed by atoms with Crippen molar-refractivity contribution in [2.45, 2.75) is 57.5 Å². The smallest absolute Gasteiger partial charge is 0.377 e. The summed E-state index contributed by atoms with van der Waals surface area (Å²) in [5.41, 5.74) is -0.556. The van der Waals surface area contributed by atoms with E-state index in [-0.39, 0.29) is 6.04 Å². The monoisotopic (exact) mass is 438 g/mol. The molecular formula is C21H29F3N6O. The molecule has 0 saturated heterocycles. The Hall–Kier alpha value is -2.62. The highest BCUT2D eigenvalue weighted by atomic mass is 19.4. The standard InChI is InChI=1S/C21H29F3N6O/c1-20(2,14-6-5-7-15(10-14)21(22,23)24)13-26-19(25-3)27-16-8-9-18-28-17(12-31-4)29-30(18)11-16/h5-7,10,16H,8-9,11-13H2,1-4H3,(H2,25,26,27). The van der Waals surface area contributed by atoms with E-state index in [2.05, 4.69) is 25.7 Å². The number of methoxy groups -OCH3 is 1. The van der Waals surface area contributed by atoms with Gasteiger partial charge in [-0.15, -0.1) is 0 Å². The van der Waals surface area contributed by atoms with Crippen molar-refractivity contribution >= 4 is 5.96 Å². The third-order valence-electron chi connectivity index (χ3n) is 5.41. The lowest BCUT2D eigenvalue weighted by Gasteiger charge is -2.29. The van der Waals surface area contributed by atoms with Crippen LogP contribution in [0.5, 0.6) is 0 Å². The van der Waals surface area contributed by atoms with Gasteiger partial charge in [0.1, 0.15) is 12.4 Å². The van der Waals surface area contributed by atoms with Gasteiger partial charge < -0.3 is 15.4 Å². The van der Waals surface area contributed by atoms with Gasteiger partial charge in [-0.2, -0.15) is 18.3 Å². The zero-order valence-electron chi connectivity index (χ0n) is 18.3. The first-order valence-corrected chi connectivity index (χ1v) is 10.2. The quantitative estimate of drug-likeness (QED) is 0.536. The normalized spacial score (nSPS) is 17.4. The van der Waals surface area contributed by atoms with Gasteiger partial charge in [-0.1, -0.05) is 32.0 Å². The van der Waals surface area contributed by atoms with E-state index in [9.17, 15) is 13.2 Å². The number of alkyl halides is 3. The molecule has 0 bridgehead atoms. The molecule has 31 heavy (non-hydrogen) atoms. The van der Waals surface area contributed by atoms with Gasteiger partial charge in [-0.3, -0.25) is 4.99 Å². The number of aryl methyl sites for hydroxylation is 1. The molecule has 0 amide bonds. The van der Waals surface area contributed by atoms with Crippen LogP contribution < -0.4 is 10.6 Å². The maximum atomic E-state index is 13.1. The van der Waals surface area contributed by atoms with E-state index in [4.69, 9.17) is 4.74 Å². The van der Waals surface area contributed by atoms with Crippen molar-refractivity contribution in [3.63, 3.8) is 0 Å². The second-order valence-electron chi connectivity index (χ2n) is 8.33. The van der Waals surface area contributed by atoms with Gasteiger partial charge in [0.05, 0.1) is 12.1 Å². The molecule has 10 heteroatoms. The van der Waals surface area contributed by atoms with Crippen molar-refractivity contribution in [2.24, 2.45) is 4.99 Å². The molecule has 3 rings (SSSR count). The Balaban J connectivity index is 1.60. The second kappa shape index (κ2) is 9.25. The van der Waals surface area contributed by atoms with E-state index in [0.29, 0.717) is 37.0 Å². The molecular weight excluding hydrogens is 409 g/mol. The van der Waals surface area contributed by atoms with Gasteiger partial charge in [0.15, 0.2) is 11.8 Å². The van der Waals surface area contributed by atoms with Crippen LogP contribution in [0.15, 0.2) is 29.3 Å². The first-order valence-electron chi connectivity index (χ1n) is 10.2. The Morgan fingerprint density at radius 1 is 1.29 bits per heavy atom. The summed E-state index contributed by atoms with van der Waals surface area (Å²) < 4.78 is 46.2. The number of ether oxygens (including phenoxy) is 1. The zero-order chi connectivity index (χ0) is 22.6. The summed E-state index contributed by atoms with van der Waals surface area (Å²) in [6.45, 7) is 5.27. The fourth-order valence-electron chi connectivity index (χ4n) is 3.58. The second-order valence-corrected chi connectivity index (χ2v) is 8.33. The van der Waals surface area contributed by atoms with Crippen LogP contribution in [0.4, 0.5) is 13.2 Å². The van der Waals surface area contributed by atoms with Crippen molar-refractivity contribution < 1.29 is 17.9 Å². The summed E-state index contributed by atoms with van der Waals surface area (Å²) in [7, 11) is 3.29. The molecule has 1 atom stereocenters. The average Bonchev–Trinajstić information content (AvgIpc) is 3.12. The van der Waals surface area contributed by atoms with Crippen molar-refractivity contribution in [3.05, 3.63) is 47.0 Å². The van der Waals surface area contributed by atoms with Crippen LogP contribution in [0, 0.1) is 0 Å². The molecule has 2 N–H and O–H groups in total. The molecule has 2 aromatic rings. The summed E-state index contributed by atoms with van der Waals surface area (Å²) in [5.74, 6) is 2.22. The lowest BCUT2D eigenvalue weighted by atomic mass is 9.84. The summed E-state index contributed by atoms with van der Waals surface area (Å²) in [4.78, 5) is 8.75. The molecule has 7 nitrogen and oxygen atoms in total. The maximum absolute atomic E-state index is 13.1. The minimum absolute atomic E-state index is 0.118. The molecule has 1 aliphatic rings. The number of aromatic nitrogens is 3. The van der Waals surface area contributed by atoms with Gasteiger partial charge >= 0.3 is 6.18 Å². The number of aliphatic imine (C=N–C) groups is 1. The zero-order valence-corrected chi connectivity index (χ0v) is 18.3. The third kappa shape index (κ3) is 5.75. The number of rotatable bonds is 6. The van der Waals surface area contributed by atoms with Crippen LogP contribution in [0.25, 0.3) is 0 Å². The number of fused-ring (bicyclic) bond motifs is 1. The van der Waals surface area contributed by atoms with E-state index in [1.54, 1.807) is 20.2 Å². The highest BCUT2D eigenvalue weighted by molar-refractivity contribution is 5.80. The number of guanidine groups is 1. The number of nitrogens with zero attached hydrogens (tertiary/aromatic N) is 4. The Morgan fingerprint density at radius 2 is 2.03 bits per heavy atom. The van der Waals surface area contributed by atoms with Crippen LogP contribution in [0.2, 0.25) is 0 Å². The third-order valence-corrected chi connectivity index (χ3v) is 5.41. The highest BCUT2D eigenvalue weighted by Crippen LogP contribution is 2.32. The molecule has 0 saturated carbocycles. The minimum atomic E-state index is -4.36. The van der Waals surface area contributed by atoms with E-state index in [0.717, 1.165) is 24.7 Å². The lowest BCUT2D eigenvalue weighted by Crippen LogP contribution is -2.49. The highest BCUT2D eigenvalue weighted by Gasteiger charge is 2.32. The van der Waals surface area contributed by atoms with Crippen molar-refractivity contribution in [2.75, 3.05) is 20.7 Å². The minimum Gasteiger partial charge on any atom is -0.377 e. The molecule has 0 radical (unpaired) electrons. The van der Waals surface area contributed by atoms with Gasteiger partial charge in [-0.25, -0.2) is 9.67 Å². The van der Waals surface area contributed by atoms with Gasteiger partial charge in [0.25, 0.3) is 0 Å². The first-order chi connectivity index (χ1) is 14.6. The molecule has 170 valence electrons. The molecule has 0 aliphatic carbocycles.